The molecule has 0 bridgehead atoms. The fourth-order valence-corrected chi connectivity index (χ4v) is 2.79. The molecule has 0 saturated heterocycles. The van der Waals surface area contributed by atoms with Gasteiger partial charge in [0.2, 0.25) is 0 Å². The summed E-state index contributed by atoms with van der Waals surface area (Å²) in [5, 5.41) is 7.95. The van der Waals surface area contributed by atoms with Crippen molar-refractivity contribution >= 4 is 11.3 Å². The third kappa shape index (κ3) is 4.40. The molecule has 2 aromatic heterocycles. The molecule has 2 rings (SSSR count). The molecule has 0 fully saturated rings. The molecule has 19 heavy (non-hydrogen) atoms. The van der Waals surface area contributed by atoms with E-state index in [0.29, 0.717) is 6.04 Å². The highest BCUT2D eigenvalue weighted by Crippen LogP contribution is 2.18. The maximum atomic E-state index is 4.56. The average molecular weight is 275 g/mol. The SMILES string of the molecule is CCCNC(CCc1ccsc1)c1ccnc(C)n1. The van der Waals surface area contributed by atoms with Crippen LogP contribution in [0.4, 0.5) is 0 Å². The van der Waals surface area contributed by atoms with Crippen LogP contribution in [0.3, 0.4) is 0 Å². The molecule has 2 heterocycles. The van der Waals surface area contributed by atoms with E-state index in [0.717, 1.165) is 37.3 Å². The third-order valence-corrected chi connectivity index (χ3v) is 3.83. The van der Waals surface area contributed by atoms with E-state index in [9.17, 15) is 0 Å². The Bertz CT molecular complexity index is 482. The molecule has 1 unspecified atom stereocenters. The molecular weight excluding hydrogens is 254 g/mol. The average Bonchev–Trinajstić information content (AvgIpc) is 2.92. The maximum absolute atomic E-state index is 4.56. The smallest absolute Gasteiger partial charge is 0.125 e. The first-order chi connectivity index (χ1) is 9.29. The summed E-state index contributed by atoms with van der Waals surface area (Å²) in [5.74, 6) is 0.844. The van der Waals surface area contributed by atoms with Crippen LogP contribution in [0.25, 0.3) is 0 Å². The van der Waals surface area contributed by atoms with Crippen LogP contribution >= 0.6 is 11.3 Å². The highest BCUT2D eigenvalue weighted by Gasteiger charge is 2.12. The molecule has 0 aromatic carbocycles. The van der Waals surface area contributed by atoms with Crippen molar-refractivity contribution in [2.24, 2.45) is 0 Å². The van der Waals surface area contributed by atoms with E-state index in [2.05, 4.69) is 39.0 Å². The highest BCUT2D eigenvalue weighted by atomic mass is 32.1. The van der Waals surface area contributed by atoms with Crippen LogP contribution in [-0.4, -0.2) is 16.5 Å². The Morgan fingerprint density at radius 1 is 1.37 bits per heavy atom. The minimum atomic E-state index is 0.321. The summed E-state index contributed by atoms with van der Waals surface area (Å²) in [7, 11) is 0. The standard InChI is InChI=1S/C15H21N3S/c1-3-8-17-14(5-4-13-7-10-19-11-13)15-6-9-16-12(2)18-15/h6-7,9-11,14,17H,3-5,8H2,1-2H3. The van der Waals surface area contributed by atoms with Gasteiger partial charge in [0.15, 0.2) is 0 Å². The number of aryl methyl sites for hydroxylation is 2. The Balaban J connectivity index is 2.02. The quantitative estimate of drug-likeness (QED) is 0.840. The molecule has 2 aromatic rings. The van der Waals surface area contributed by atoms with Gasteiger partial charge in [0.1, 0.15) is 5.82 Å². The first kappa shape index (κ1) is 14.2. The molecule has 1 N–H and O–H groups in total. The van der Waals surface area contributed by atoms with Crippen LogP contribution in [0.2, 0.25) is 0 Å². The van der Waals surface area contributed by atoms with Crippen molar-refractivity contribution in [1.29, 1.82) is 0 Å². The van der Waals surface area contributed by atoms with E-state index in [1.54, 1.807) is 11.3 Å². The summed E-state index contributed by atoms with van der Waals surface area (Å²) < 4.78 is 0. The highest BCUT2D eigenvalue weighted by molar-refractivity contribution is 7.07. The molecule has 0 aliphatic heterocycles. The van der Waals surface area contributed by atoms with Crippen molar-refractivity contribution in [3.63, 3.8) is 0 Å². The number of thiophene rings is 1. The molecule has 1 atom stereocenters. The van der Waals surface area contributed by atoms with Crippen molar-refractivity contribution in [1.82, 2.24) is 15.3 Å². The second-order valence-electron chi connectivity index (χ2n) is 4.71. The lowest BCUT2D eigenvalue weighted by Crippen LogP contribution is -2.24. The van der Waals surface area contributed by atoms with Crippen LogP contribution in [0.15, 0.2) is 29.1 Å². The van der Waals surface area contributed by atoms with Gasteiger partial charge in [0, 0.05) is 12.2 Å². The minimum absolute atomic E-state index is 0.321. The maximum Gasteiger partial charge on any atom is 0.125 e. The Labute approximate surface area is 119 Å². The summed E-state index contributed by atoms with van der Waals surface area (Å²) in [4.78, 5) is 8.73. The topological polar surface area (TPSA) is 37.8 Å². The van der Waals surface area contributed by atoms with Crippen molar-refractivity contribution in [3.8, 4) is 0 Å². The van der Waals surface area contributed by atoms with Crippen molar-refractivity contribution in [2.45, 2.75) is 39.2 Å². The normalized spacial score (nSPS) is 12.5. The molecular formula is C15H21N3S. The van der Waals surface area contributed by atoms with Gasteiger partial charge in [-0.05, 0) is 61.2 Å². The summed E-state index contributed by atoms with van der Waals surface area (Å²) in [6.07, 6.45) is 5.16. The molecule has 102 valence electrons. The number of rotatable bonds is 7. The summed E-state index contributed by atoms with van der Waals surface area (Å²) in [6, 6.07) is 4.54. The van der Waals surface area contributed by atoms with Gasteiger partial charge < -0.3 is 5.32 Å². The van der Waals surface area contributed by atoms with Crippen molar-refractivity contribution in [2.75, 3.05) is 6.54 Å². The summed E-state index contributed by atoms with van der Waals surface area (Å²) in [6.45, 7) is 5.16. The predicted molar refractivity (Wildman–Crippen MR) is 80.4 cm³/mol. The zero-order valence-corrected chi connectivity index (χ0v) is 12.4. The van der Waals surface area contributed by atoms with Crippen LogP contribution in [0, 0.1) is 6.92 Å². The van der Waals surface area contributed by atoms with Crippen molar-refractivity contribution in [3.05, 3.63) is 46.2 Å². The van der Waals surface area contributed by atoms with Crippen LogP contribution in [0.5, 0.6) is 0 Å². The molecule has 0 saturated carbocycles. The second-order valence-corrected chi connectivity index (χ2v) is 5.49. The van der Waals surface area contributed by atoms with E-state index < -0.39 is 0 Å². The number of nitrogens with zero attached hydrogens (tertiary/aromatic N) is 2. The van der Waals surface area contributed by atoms with Gasteiger partial charge in [-0.3, -0.25) is 0 Å². The van der Waals surface area contributed by atoms with E-state index in [1.165, 1.54) is 5.56 Å². The van der Waals surface area contributed by atoms with E-state index in [1.807, 2.05) is 19.2 Å². The van der Waals surface area contributed by atoms with Crippen LogP contribution in [0.1, 0.15) is 42.9 Å². The lowest BCUT2D eigenvalue weighted by atomic mass is 10.0. The van der Waals surface area contributed by atoms with Crippen LogP contribution in [-0.2, 0) is 6.42 Å². The monoisotopic (exact) mass is 275 g/mol. The molecule has 0 amide bonds. The second kappa shape index (κ2) is 7.36. The molecule has 0 aliphatic carbocycles. The number of hydrogen-bond acceptors (Lipinski definition) is 4. The Morgan fingerprint density at radius 2 is 2.26 bits per heavy atom. The van der Waals surface area contributed by atoms with Crippen LogP contribution < -0.4 is 5.32 Å². The van der Waals surface area contributed by atoms with Gasteiger partial charge in [-0.15, -0.1) is 0 Å². The molecule has 4 heteroatoms. The van der Waals surface area contributed by atoms with Gasteiger partial charge in [-0.2, -0.15) is 11.3 Å². The molecule has 0 spiro atoms. The Hall–Kier alpha value is -1.26. The van der Waals surface area contributed by atoms with Gasteiger partial charge in [0.05, 0.1) is 5.69 Å². The van der Waals surface area contributed by atoms with E-state index in [-0.39, 0.29) is 0 Å². The van der Waals surface area contributed by atoms with E-state index >= 15 is 0 Å². The van der Waals surface area contributed by atoms with Crippen molar-refractivity contribution < 1.29 is 0 Å². The molecule has 0 aliphatic rings. The summed E-state index contributed by atoms with van der Waals surface area (Å²) >= 11 is 1.76. The zero-order chi connectivity index (χ0) is 13.5. The number of nitrogens with one attached hydrogen (secondary N) is 1. The number of aromatic nitrogens is 2. The fraction of sp³-hybridized carbons (Fsp3) is 0.467. The van der Waals surface area contributed by atoms with Gasteiger partial charge in [-0.1, -0.05) is 6.92 Å². The lowest BCUT2D eigenvalue weighted by molar-refractivity contribution is 0.487. The number of hydrogen-bond donors (Lipinski definition) is 1. The molecule has 3 nitrogen and oxygen atoms in total. The third-order valence-electron chi connectivity index (χ3n) is 3.10. The van der Waals surface area contributed by atoms with Gasteiger partial charge in [0.25, 0.3) is 0 Å². The van der Waals surface area contributed by atoms with E-state index in [4.69, 9.17) is 0 Å². The fourth-order valence-electron chi connectivity index (χ4n) is 2.09. The van der Waals surface area contributed by atoms with Gasteiger partial charge in [-0.25, -0.2) is 9.97 Å². The largest absolute Gasteiger partial charge is 0.309 e. The lowest BCUT2D eigenvalue weighted by Gasteiger charge is -2.18. The van der Waals surface area contributed by atoms with Gasteiger partial charge >= 0.3 is 0 Å². The zero-order valence-electron chi connectivity index (χ0n) is 11.6. The summed E-state index contributed by atoms with van der Waals surface area (Å²) in [5.41, 5.74) is 2.52. The Kier molecular flexibility index (Phi) is 5.48. The first-order valence-electron chi connectivity index (χ1n) is 6.83. The minimum Gasteiger partial charge on any atom is -0.309 e. The Morgan fingerprint density at radius 3 is 2.95 bits per heavy atom. The first-order valence-corrected chi connectivity index (χ1v) is 7.78. The predicted octanol–water partition coefficient (Wildman–Crippen LogP) is 3.52. The molecule has 0 radical (unpaired) electrons.